The number of aliphatic hydroxyl groups is 1. The predicted octanol–water partition coefficient (Wildman–Crippen LogP) is -0.184. The van der Waals surface area contributed by atoms with Crippen molar-refractivity contribution in [3.05, 3.63) is 6.92 Å². The summed E-state index contributed by atoms with van der Waals surface area (Å²) in [4.78, 5) is 0. The van der Waals surface area contributed by atoms with Crippen molar-refractivity contribution < 1.29 is 5.11 Å². The second-order valence-corrected chi connectivity index (χ2v) is 0.512. The highest BCUT2D eigenvalue weighted by Crippen LogP contribution is 1.43. The fourth-order valence-corrected chi connectivity index (χ4v) is 0.0559. The molecule has 0 fully saturated rings. The van der Waals surface area contributed by atoms with Gasteiger partial charge in [0.05, 0.1) is 0 Å². The molecule has 1 nitrogen and oxygen atoms in total. The third-order valence-electron chi connectivity index (χ3n) is 0.204. The Bertz CT molecular complexity index is 55.8. The molecule has 5 heavy (non-hydrogen) atoms. The maximum atomic E-state index is 7.85. The van der Waals surface area contributed by atoms with Gasteiger partial charge in [0.2, 0.25) is 0 Å². The summed E-state index contributed by atoms with van der Waals surface area (Å²) in [5.41, 5.74) is 0. The van der Waals surface area contributed by atoms with Crippen molar-refractivity contribution in [3.63, 3.8) is 0 Å². The van der Waals surface area contributed by atoms with Crippen LogP contribution in [0, 0.1) is 18.8 Å². The van der Waals surface area contributed by atoms with Crippen LogP contribution in [0.15, 0.2) is 0 Å². The average molecular weight is 69.1 g/mol. The largest absolute Gasteiger partial charge is 0.384 e. The molecule has 0 rings (SSSR count). The van der Waals surface area contributed by atoms with Gasteiger partial charge in [0, 0.05) is 6.92 Å². The van der Waals surface area contributed by atoms with Gasteiger partial charge in [0.1, 0.15) is 6.61 Å². The summed E-state index contributed by atoms with van der Waals surface area (Å²) >= 11 is 0. The lowest BCUT2D eigenvalue weighted by Gasteiger charge is -1.60. The minimum atomic E-state index is -0.0799. The molecule has 1 N–H and O–H groups in total. The first kappa shape index (κ1) is 4.52. The molecule has 0 aliphatic carbocycles. The number of hydrogen-bond donors (Lipinski definition) is 1. The zero-order valence-electron chi connectivity index (χ0n) is 2.86. The van der Waals surface area contributed by atoms with E-state index in [1.54, 1.807) is 0 Å². The SMILES string of the molecule is [CH2]C#CCO. The normalized spacial score (nSPS) is 5.20. The van der Waals surface area contributed by atoms with Crippen molar-refractivity contribution in [1.29, 1.82) is 0 Å². The van der Waals surface area contributed by atoms with Crippen LogP contribution in [0.2, 0.25) is 0 Å². The second-order valence-electron chi connectivity index (χ2n) is 0.512. The highest BCUT2D eigenvalue weighted by molar-refractivity contribution is 5.00. The Morgan fingerprint density at radius 1 is 1.80 bits per heavy atom. The van der Waals surface area contributed by atoms with E-state index >= 15 is 0 Å². The monoisotopic (exact) mass is 69.0 g/mol. The van der Waals surface area contributed by atoms with E-state index < -0.39 is 0 Å². The average Bonchev–Trinajstić information content (AvgIpc) is 1.41. The first-order valence-electron chi connectivity index (χ1n) is 1.27. The Morgan fingerprint density at radius 3 is 2.40 bits per heavy atom. The second kappa shape index (κ2) is 3.52. The molecule has 0 aromatic carbocycles. The molecule has 0 saturated heterocycles. The molecule has 0 amide bonds. The van der Waals surface area contributed by atoms with Crippen LogP contribution in [-0.2, 0) is 0 Å². The highest BCUT2D eigenvalue weighted by atomic mass is 16.2. The van der Waals surface area contributed by atoms with Gasteiger partial charge in [-0.2, -0.15) is 0 Å². The van der Waals surface area contributed by atoms with E-state index in [4.69, 9.17) is 5.11 Å². The van der Waals surface area contributed by atoms with E-state index in [0.717, 1.165) is 0 Å². The minimum Gasteiger partial charge on any atom is -0.384 e. The van der Waals surface area contributed by atoms with Crippen molar-refractivity contribution in [2.45, 2.75) is 0 Å². The topological polar surface area (TPSA) is 20.2 Å². The summed E-state index contributed by atoms with van der Waals surface area (Å²) in [6.07, 6.45) is 0. The molecule has 1 radical (unpaired) electrons. The third kappa shape index (κ3) is 3.52. The lowest BCUT2D eigenvalue weighted by molar-refractivity contribution is 0.350. The fourth-order valence-electron chi connectivity index (χ4n) is 0.0559. The van der Waals surface area contributed by atoms with Gasteiger partial charge in [-0.15, -0.1) is 0 Å². The van der Waals surface area contributed by atoms with Crippen molar-refractivity contribution >= 4 is 0 Å². The fraction of sp³-hybridized carbons (Fsp3) is 0.250. The van der Waals surface area contributed by atoms with Crippen LogP contribution in [0.1, 0.15) is 0 Å². The Morgan fingerprint density at radius 2 is 2.40 bits per heavy atom. The van der Waals surface area contributed by atoms with Gasteiger partial charge in [-0.1, -0.05) is 11.8 Å². The minimum absolute atomic E-state index is 0.0799. The van der Waals surface area contributed by atoms with Crippen LogP contribution < -0.4 is 0 Å². The van der Waals surface area contributed by atoms with E-state index in [9.17, 15) is 0 Å². The molecule has 0 heterocycles. The van der Waals surface area contributed by atoms with E-state index in [2.05, 4.69) is 18.8 Å². The van der Waals surface area contributed by atoms with Gasteiger partial charge in [-0.3, -0.25) is 0 Å². The van der Waals surface area contributed by atoms with E-state index in [0.29, 0.717) is 0 Å². The summed E-state index contributed by atoms with van der Waals surface area (Å²) in [7, 11) is 0. The van der Waals surface area contributed by atoms with Crippen LogP contribution >= 0.6 is 0 Å². The first-order valence-corrected chi connectivity index (χ1v) is 1.27. The summed E-state index contributed by atoms with van der Waals surface area (Å²) in [5.74, 6) is 4.57. The smallest absolute Gasteiger partial charge is 0.104 e. The number of aliphatic hydroxyl groups excluding tert-OH is 1. The molecule has 0 bridgehead atoms. The van der Waals surface area contributed by atoms with Gasteiger partial charge in [0.25, 0.3) is 0 Å². The van der Waals surface area contributed by atoms with Crippen molar-refractivity contribution in [1.82, 2.24) is 0 Å². The Hall–Kier alpha value is -0.480. The molecule has 0 atom stereocenters. The molecule has 0 aliphatic rings. The molecule has 1 heteroatoms. The van der Waals surface area contributed by atoms with E-state index in [1.165, 1.54) is 0 Å². The Kier molecular flexibility index (Phi) is 3.18. The van der Waals surface area contributed by atoms with Crippen LogP contribution in [0.4, 0.5) is 0 Å². The summed E-state index contributed by atoms with van der Waals surface area (Å²) in [6, 6.07) is 0. The van der Waals surface area contributed by atoms with Crippen molar-refractivity contribution in [2.24, 2.45) is 0 Å². The van der Waals surface area contributed by atoms with Crippen LogP contribution in [0.25, 0.3) is 0 Å². The maximum Gasteiger partial charge on any atom is 0.104 e. The van der Waals surface area contributed by atoms with Crippen LogP contribution in [0.3, 0.4) is 0 Å². The molecule has 0 aromatic rings. The third-order valence-corrected chi connectivity index (χ3v) is 0.204. The van der Waals surface area contributed by atoms with Gasteiger partial charge in [-0.05, 0) is 0 Å². The Balaban J connectivity index is 2.81. The zero-order chi connectivity index (χ0) is 4.12. The molecular weight excluding hydrogens is 64.0 g/mol. The van der Waals surface area contributed by atoms with Gasteiger partial charge >= 0.3 is 0 Å². The standard InChI is InChI=1S/C4H5O/c1-2-3-4-5/h5H,1,4H2. The van der Waals surface area contributed by atoms with E-state index in [-0.39, 0.29) is 6.61 Å². The summed E-state index contributed by atoms with van der Waals surface area (Å²) in [6.45, 7) is 3.07. The summed E-state index contributed by atoms with van der Waals surface area (Å²) in [5, 5.41) is 7.85. The molecule has 0 aromatic heterocycles. The molecule has 0 unspecified atom stereocenters. The predicted molar refractivity (Wildman–Crippen MR) is 20.2 cm³/mol. The Labute approximate surface area is 31.6 Å². The van der Waals surface area contributed by atoms with Crippen molar-refractivity contribution in [2.75, 3.05) is 6.61 Å². The molecule has 0 spiro atoms. The van der Waals surface area contributed by atoms with Crippen molar-refractivity contribution in [3.8, 4) is 11.8 Å². The summed E-state index contributed by atoms with van der Waals surface area (Å²) < 4.78 is 0. The number of rotatable bonds is 0. The quantitative estimate of drug-likeness (QED) is 0.391. The molecular formula is C4H5O. The number of hydrogen-bond acceptors (Lipinski definition) is 1. The lowest BCUT2D eigenvalue weighted by atomic mass is 10.6. The van der Waals surface area contributed by atoms with Crippen LogP contribution in [-0.4, -0.2) is 11.7 Å². The van der Waals surface area contributed by atoms with Gasteiger partial charge in [-0.25, -0.2) is 0 Å². The molecule has 0 aliphatic heterocycles. The maximum absolute atomic E-state index is 7.85. The molecule has 27 valence electrons. The lowest BCUT2D eigenvalue weighted by Crippen LogP contribution is -1.66. The zero-order valence-corrected chi connectivity index (χ0v) is 2.86. The van der Waals surface area contributed by atoms with Gasteiger partial charge < -0.3 is 5.11 Å². The highest BCUT2D eigenvalue weighted by Gasteiger charge is 1.48. The van der Waals surface area contributed by atoms with Crippen LogP contribution in [0.5, 0.6) is 0 Å². The van der Waals surface area contributed by atoms with E-state index in [1.807, 2.05) is 0 Å². The van der Waals surface area contributed by atoms with Gasteiger partial charge in [0.15, 0.2) is 0 Å². The molecule has 0 saturated carbocycles. The first-order chi connectivity index (χ1) is 2.41.